The van der Waals surface area contributed by atoms with E-state index in [1.54, 1.807) is 24.8 Å². The summed E-state index contributed by atoms with van der Waals surface area (Å²) in [5, 5.41) is 6.44. The predicted molar refractivity (Wildman–Crippen MR) is 124 cm³/mol. The van der Waals surface area contributed by atoms with Crippen LogP contribution in [0.2, 0.25) is 0 Å². The number of piperazine rings is 1. The van der Waals surface area contributed by atoms with Gasteiger partial charge in [-0.1, -0.05) is 23.4 Å². The molecule has 0 aliphatic carbocycles. The van der Waals surface area contributed by atoms with Crippen LogP contribution < -0.4 is 5.32 Å². The van der Waals surface area contributed by atoms with Gasteiger partial charge >= 0.3 is 6.18 Å². The molecular formula is C24H25F3N4O3S. The van der Waals surface area contributed by atoms with E-state index in [9.17, 15) is 22.8 Å². The van der Waals surface area contributed by atoms with Crippen molar-refractivity contribution < 1.29 is 27.3 Å². The van der Waals surface area contributed by atoms with Crippen molar-refractivity contribution in [1.29, 1.82) is 0 Å². The van der Waals surface area contributed by atoms with E-state index in [2.05, 4.69) is 15.4 Å². The first-order chi connectivity index (χ1) is 16.6. The Morgan fingerprint density at radius 2 is 1.80 bits per heavy atom. The number of amides is 2. The van der Waals surface area contributed by atoms with Crippen LogP contribution >= 0.6 is 11.3 Å². The summed E-state index contributed by atoms with van der Waals surface area (Å²) in [4.78, 5) is 30.7. The van der Waals surface area contributed by atoms with Gasteiger partial charge in [0.2, 0.25) is 0 Å². The number of alkyl halides is 3. The number of carbonyl (C=O) groups excluding carboxylic acids is 2. The summed E-state index contributed by atoms with van der Waals surface area (Å²) < 4.78 is 44.6. The maximum atomic E-state index is 13.2. The van der Waals surface area contributed by atoms with E-state index in [4.69, 9.17) is 4.52 Å². The van der Waals surface area contributed by atoms with Crippen molar-refractivity contribution in [2.75, 3.05) is 26.2 Å². The Hall–Kier alpha value is -3.18. The molecule has 0 saturated carbocycles. The van der Waals surface area contributed by atoms with Crippen molar-refractivity contribution >= 4 is 23.2 Å². The third kappa shape index (κ3) is 5.73. The number of nitrogens with zero attached hydrogens (tertiary/aromatic N) is 3. The highest BCUT2D eigenvalue weighted by Crippen LogP contribution is 2.32. The number of aryl methyl sites for hydroxylation is 2. The molecular weight excluding hydrogens is 481 g/mol. The number of aromatic nitrogens is 1. The molecule has 0 spiro atoms. The lowest BCUT2D eigenvalue weighted by atomic mass is 10.1. The molecule has 1 fully saturated rings. The van der Waals surface area contributed by atoms with Crippen LogP contribution in [0.1, 0.15) is 47.5 Å². The van der Waals surface area contributed by atoms with Crippen LogP contribution in [0.25, 0.3) is 0 Å². The molecule has 1 aromatic carbocycles. The molecule has 0 atom stereocenters. The van der Waals surface area contributed by atoms with Gasteiger partial charge in [-0.3, -0.25) is 14.5 Å². The fourth-order valence-electron chi connectivity index (χ4n) is 4.07. The first-order valence-corrected chi connectivity index (χ1v) is 11.9. The van der Waals surface area contributed by atoms with E-state index < -0.39 is 17.6 Å². The second-order valence-electron chi connectivity index (χ2n) is 8.37. The molecule has 4 rings (SSSR count). The largest absolute Gasteiger partial charge is 0.416 e. The molecule has 3 heterocycles. The van der Waals surface area contributed by atoms with Gasteiger partial charge in [0, 0.05) is 44.1 Å². The molecule has 1 saturated heterocycles. The summed E-state index contributed by atoms with van der Waals surface area (Å²) in [5.74, 6) is 0.0254. The van der Waals surface area contributed by atoms with Gasteiger partial charge in [-0.2, -0.15) is 13.2 Å². The van der Waals surface area contributed by atoms with Crippen molar-refractivity contribution in [2.45, 2.75) is 33.1 Å². The smallest absolute Gasteiger partial charge is 0.361 e. The van der Waals surface area contributed by atoms with Gasteiger partial charge < -0.3 is 14.7 Å². The molecule has 0 bridgehead atoms. The maximum absolute atomic E-state index is 13.2. The van der Waals surface area contributed by atoms with E-state index in [1.807, 2.05) is 6.07 Å². The zero-order valence-electron chi connectivity index (χ0n) is 19.3. The molecule has 1 aliphatic rings. The highest BCUT2D eigenvalue weighted by molar-refractivity contribution is 7.14. The van der Waals surface area contributed by atoms with Gasteiger partial charge in [0.05, 0.1) is 16.1 Å². The van der Waals surface area contributed by atoms with Gasteiger partial charge in [0.25, 0.3) is 11.8 Å². The Balaban J connectivity index is 1.29. The molecule has 0 radical (unpaired) electrons. The van der Waals surface area contributed by atoms with E-state index >= 15 is 0 Å². The van der Waals surface area contributed by atoms with Crippen LogP contribution in [0.15, 0.2) is 40.9 Å². The predicted octanol–water partition coefficient (Wildman–Crippen LogP) is 4.26. The average molecular weight is 507 g/mol. The Bertz CT molecular complexity index is 1190. The van der Waals surface area contributed by atoms with Crippen LogP contribution in [0, 0.1) is 13.8 Å². The molecule has 1 N–H and O–H groups in total. The molecule has 35 heavy (non-hydrogen) atoms. The standard InChI is InChI=1S/C24H25F3N4O3S/c1-15-21(16(2)34-29-15)23(33)31-11-9-30(10-12-31)14-18-7-8-20(35-18)22(32)28-13-17-5-3-4-6-19(17)24(25,26)27/h3-8H,9-14H2,1-2H3,(H,28,32). The first-order valence-electron chi connectivity index (χ1n) is 11.1. The van der Waals surface area contributed by atoms with E-state index in [1.165, 1.54) is 29.5 Å². The summed E-state index contributed by atoms with van der Waals surface area (Å²) in [7, 11) is 0. The Labute approximate surface area is 204 Å². The molecule has 0 unspecified atom stereocenters. The zero-order chi connectivity index (χ0) is 25.2. The Morgan fingerprint density at radius 3 is 2.46 bits per heavy atom. The van der Waals surface area contributed by atoms with E-state index in [-0.39, 0.29) is 18.0 Å². The number of hydrogen-bond donors (Lipinski definition) is 1. The lowest BCUT2D eigenvalue weighted by Crippen LogP contribution is -2.48. The van der Waals surface area contributed by atoms with Crippen LogP contribution in [-0.2, 0) is 19.3 Å². The van der Waals surface area contributed by atoms with Crippen molar-refractivity contribution in [3.05, 3.63) is 74.3 Å². The number of rotatable bonds is 6. The SMILES string of the molecule is Cc1noc(C)c1C(=O)N1CCN(Cc2ccc(C(=O)NCc3ccccc3C(F)(F)F)s2)CC1. The first kappa shape index (κ1) is 24.9. The summed E-state index contributed by atoms with van der Waals surface area (Å²) in [6, 6.07) is 8.74. The van der Waals surface area contributed by atoms with Crippen LogP contribution in [0.5, 0.6) is 0 Å². The van der Waals surface area contributed by atoms with Crippen molar-refractivity contribution in [2.24, 2.45) is 0 Å². The second-order valence-corrected chi connectivity index (χ2v) is 9.54. The maximum Gasteiger partial charge on any atom is 0.416 e. The average Bonchev–Trinajstić information content (AvgIpc) is 3.43. The van der Waals surface area contributed by atoms with E-state index in [0.29, 0.717) is 54.6 Å². The summed E-state index contributed by atoms with van der Waals surface area (Å²) in [5.41, 5.74) is 0.375. The van der Waals surface area contributed by atoms with Crippen molar-refractivity contribution in [3.63, 3.8) is 0 Å². The lowest BCUT2D eigenvalue weighted by molar-refractivity contribution is -0.138. The van der Waals surface area contributed by atoms with Gasteiger partial charge in [-0.15, -0.1) is 11.3 Å². The van der Waals surface area contributed by atoms with Gasteiger partial charge in [0.15, 0.2) is 0 Å². The Morgan fingerprint density at radius 1 is 1.09 bits per heavy atom. The number of nitrogens with one attached hydrogen (secondary N) is 1. The third-order valence-electron chi connectivity index (χ3n) is 5.93. The lowest BCUT2D eigenvalue weighted by Gasteiger charge is -2.34. The fourth-order valence-corrected chi connectivity index (χ4v) is 5.04. The van der Waals surface area contributed by atoms with Crippen molar-refractivity contribution in [1.82, 2.24) is 20.3 Å². The minimum atomic E-state index is -4.47. The Kier molecular flexibility index (Phi) is 7.27. The summed E-state index contributed by atoms with van der Waals surface area (Å²) >= 11 is 1.31. The fraction of sp³-hybridized carbons (Fsp3) is 0.375. The second kappa shape index (κ2) is 10.2. The highest BCUT2D eigenvalue weighted by atomic mass is 32.1. The topological polar surface area (TPSA) is 78.7 Å². The zero-order valence-corrected chi connectivity index (χ0v) is 20.1. The molecule has 186 valence electrons. The molecule has 1 aliphatic heterocycles. The van der Waals surface area contributed by atoms with Crippen molar-refractivity contribution in [3.8, 4) is 0 Å². The van der Waals surface area contributed by atoms with Crippen LogP contribution in [0.3, 0.4) is 0 Å². The van der Waals surface area contributed by atoms with Crippen LogP contribution in [-0.4, -0.2) is 52.9 Å². The molecule has 3 aromatic rings. The number of thiophene rings is 1. The van der Waals surface area contributed by atoms with Gasteiger partial charge in [-0.25, -0.2) is 0 Å². The number of benzene rings is 1. The molecule has 2 aromatic heterocycles. The summed E-state index contributed by atoms with van der Waals surface area (Å²) in [6.07, 6.45) is -4.47. The number of hydrogen-bond acceptors (Lipinski definition) is 6. The molecule has 2 amide bonds. The minimum Gasteiger partial charge on any atom is -0.361 e. The normalized spacial score (nSPS) is 14.8. The van der Waals surface area contributed by atoms with E-state index in [0.717, 1.165) is 10.9 Å². The monoisotopic (exact) mass is 506 g/mol. The molecule has 11 heteroatoms. The quantitative estimate of drug-likeness (QED) is 0.541. The number of halogens is 3. The number of carbonyl (C=O) groups is 2. The summed E-state index contributed by atoms with van der Waals surface area (Å²) in [6.45, 7) is 6.40. The third-order valence-corrected chi connectivity index (χ3v) is 7.00. The molecule has 7 nitrogen and oxygen atoms in total. The minimum absolute atomic E-state index is 0.0223. The highest BCUT2D eigenvalue weighted by Gasteiger charge is 2.33. The van der Waals surface area contributed by atoms with Crippen LogP contribution in [0.4, 0.5) is 13.2 Å². The van der Waals surface area contributed by atoms with Gasteiger partial charge in [0.1, 0.15) is 11.3 Å². The van der Waals surface area contributed by atoms with Gasteiger partial charge in [-0.05, 0) is 37.6 Å².